The Kier molecular flexibility index (Phi) is 4.99. The minimum atomic E-state index is -0.419. The van der Waals surface area contributed by atoms with Crippen molar-refractivity contribution >= 4 is 17.3 Å². The average molecular weight is 332 g/mol. The second kappa shape index (κ2) is 7.17. The van der Waals surface area contributed by atoms with Gasteiger partial charge in [0.25, 0.3) is 5.91 Å². The first kappa shape index (κ1) is 16.7. The van der Waals surface area contributed by atoms with E-state index in [9.17, 15) is 14.9 Å². The van der Waals surface area contributed by atoms with E-state index in [-0.39, 0.29) is 23.2 Å². The van der Waals surface area contributed by atoms with Crippen molar-refractivity contribution in [2.75, 3.05) is 38.1 Å². The van der Waals surface area contributed by atoms with Gasteiger partial charge in [-0.25, -0.2) is 0 Å². The highest BCUT2D eigenvalue weighted by Crippen LogP contribution is 2.32. The zero-order valence-electron chi connectivity index (χ0n) is 14.0. The summed E-state index contributed by atoms with van der Waals surface area (Å²) in [7, 11) is 2.04. The van der Waals surface area contributed by atoms with Crippen LogP contribution in [-0.4, -0.2) is 55.0 Å². The van der Waals surface area contributed by atoms with E-state index in [0.29, 0.717) is 5.69 Å². The fourth-order valence-electron chi connectivity index (χ4n) is 3.54. The summed E-state index contributed by atoms with van der Waals surface area (Å²) in [5, 5.41) is 14.6. The molecular formula is C17H24N4O3. The van der Waals surface area contributed by atoms with Gasteiger partial charge in [0, 0.05) is 32.2 Å². The van der Waals surface area contributed by atoms with E-state index in [0.717, 1.165) is 51.9 Å². The van der Waals surface area contributed by atoms with Crippen molar-refractivity contribution in [3.8, 4) is 0 Å². The van der Waals surface area contributed by atoms with Gasteiger partial charge in [0.1, 0.15) is 11.3 Å². The summed E-state index contributed by atoms with van der Waals surface area (Å²) >= 11 is 0. The highest BCUT2D eigenvalue weighted by molar-refractivity contribution is 6.00. The zero-order chi connectivity index (χ0) is 17.1. The molecule has 0 radical (unpaired) electrons. The number of benzene rings is 1. The lowest BCUT2D eigenvalue weighted by Crippen LogP contribution is -2.44. The predicted molar refractivity (Wildman–Crippen MR) is 92.5 cm³/mol. The van der Waals surface area contributed by atoms with Crippen LogP contribution in [0, 0.1) is 10.1 Å². The van der Waals surface area contributed by atoms with Crippen molar-refractivity contribution in [3.05, 3.63) is 33.9 Å². The van der Waals surface area contributed by atoms with Gasteiger partial charge in [-0.1, -0.05) is 18.9 Å². The van der Waals surface area contributed by atoms with Crippen LogP contribution in [0.5, 0.6) is 0 Å². The topological polar surface area (TPSA) is 78.7 Å². The average Bonchev–Trinajstić information content (AvgIpc) is 3.07. The molecule has 1 N–H and O–H groups in total. The molecule has 2 fully saturated rings. The Morgan fingerprint density at radius 1 is 1.21 bits per heavy atom. The first-order chi connectivity index (χ1) is 11.6. The molecule has 3 rings (SSSR count). The Morgan fingerprint density at radius 3 is 2.50 bits per heavy atom. The highest BCUT2D eigenvalue weighted by atomic mass is 16.6. The molecule has 1 heterocycles. The molecular weight excluding hydrogens is 308 g/mol. The van der Waals surface area contributed by atoms with Gasteiger partial charge in [-0.15, -0.1) is 0 Å². The maximum Gasteiger partial charge on any atom is 0.305 e. The Labute approximate surface area is 141 Å². The molecule has 1 saturated heterocycles. The molecule has 2 aliphatic rings. The summed E-state index contributed by atoms with van der Waals surface area (Å²) in [6, 6.07) is 5.19. The van der Waals surface area contributed by atoms with Crippen molar-refractivity contribution in [2.24, 2.45) is 0 Å². The van der Waals surface area contributed by atoms with Crippen LogP contribution in [-0.2, 0) is 0 Å². The fraction of sp³-hybridized carbons (Fsp3) is 0.588. The summed E-state index contributed by atoms with van der Waals surface area (Å²) in [5.74, 6) is -0.329. The quantitative estimate of drug-likeness (QED) is 0.674. The predicted octanol–water partition coefficient (Wildman–Crippen LogP) is 2.02. The summed E-state index contributed by atoms with van der Waals surface area (Å²) in [5.41, 5.74) is 0.646. The first-order valence-electron chi connectivity index (χ1n) is 8.58. The van der Waals surface area contributed by atoms with Gasteiger partial charge >= 0.3 is 5.69 Å². The number of piperazine rings is 1. The zero-order valence-corrected chi connectivity index (χ0v) is 14.0. The summed E-state index contributed by atoms with van der Waals surface area (Å²) < 4.78 is 0. The van der Waals surface area contributed by atoms with Crippen LogP contribution >= 0.6 is 0 Å². The van der Waals surface area contributed by atoms with Crippen LogP contribution in [0.25, 0.3) is 0 Å². The number of likely N-dealkylation sites (N-methyl/N-ethyl adjacent to an activating group) is 1. The lowest BCUT2D eigenvalue weighted by molar-refractivity contribution is -0.384. The van der Waals surface area contributed by atoms with Crippen LogP contribution < -0.4 is 10.2 Å². The van der Waals surface area contributed by atoms with Crippen molar-refractivity contribution in [1.29, 1.82) is 0 Å². The van der Waals surface area contributed by atoms with Crippen molar-refractivity contribution in [1.82, 2.24) is 10.2 Å². The third kappa shape index (κ3) is 3.51. The van der Waals surface area contributed by atoms with Crippen LogP contribution in [0.3, 0.4) is 0 Å². The van der Waals surface area contributed by atoms with E-state index in [1.807, 2.05) is 11.9 Å². The Hall–Kier alpha value is -2.15. The number of carbonyl (C=O) groups is 1. The van der Waals surface area contributed by atoms with Crippen LogP contribution in [0.4, 0.5) is 11.4 Å². The number of anilines is 1. The SMILES string of the molecule is CN1CCN(c2cccc(C(=O)NC3CCCC3)c2[N+](=O)[O-])CC1. The number of nitrogens with zero attached hydrogens (tertiary/aromatic N) is 3. The number of hydrogen-bond acceptors (Lipinski definition) is 5. The smallest absolute Gasteiger partial charge is 0.305 e. The van der Waals surface area contributed by atoms with Crippen LogP contribution in [0.1, 0.15) is 36.0 Å². The molecule has 1 amide bonds. The van der Waals surface area contributed by atoms with E-state index in [2.05, 4.69) is 10.2 Å². The molecule has 24 heavy (non-hydrogen) atoms. The lowest BCUT2D eigenvalue weighted by atomic mass is 10.1. The lowest BCUT2D eigenvalue weighted by Gasteiger charge is -2.33. The third-order valence-electron chi connectivity index (χ3n) is 4.98. The molecule has 1 aromatic rings. The van der Waals surface area contributed by atoms with Crippen molar-refractivity contribution in [2.45, 2.75) is 31.7 Å². The van der Waals surface area contributed by atoms with Gasteiger partial charge in [0.15, 0.2) is 0 Å². The van der Waals surface area contributed by atoms with Crippen LogP contribution in [0.15, 0.2) is 18.2 Å². The standard InChI is InChI=1S/C17H24N4O3/c1-19-9-11-20(12-10-19)15-8-4-7-14(16(15)21(23)24)17(22)18-13-5-2-3-6-13/h4,7-8,13H,2-3,5-6,9-12H2,1H3,(H,18,22). The van der Waals surface area contributed by atoms with Crippen molar-refractivity contribution < 1.29 is 9.72 Å². The Bertz CT molecular complexity index is 620. The Morgan fingerprint density at radius 2 is 1.88 bits per heavy atom. The number of nitrogens with one attached hydrogen (secondary N) is 1. The fourth-order valence-corrected chi connectivity index (χ4v) is 3.54. The molecule has 0 atom stereocenters. The monoisotopic (exact) mass is 332 g/mol. The van der Waals surface area contributed by atoms with Crippen molar-refractivity contribution in [3.63, 3.8) is 0 Å². The molecule has 1 saturated carbocycles. The number of para-hydroxylation sites is 1. The molecule has 7 nitrogen and oxygen atoms in total. The number of nitro groups is 1. The van der Waals surface area contributed by atoms with E-state index in [1.165, 1.54) is 0 Å². The first-order valence-corrected chi connectivity index (χ1v) is 8.58. The van der Waals surface area contributed by atoms with E-state index < -0.39 is 4.92 Å². The molecule has 1 aliphatic heterocycles. The number of nitro benzene ring substituents is 1. The Balaban J connectivity index is 1.87. The number of amides is 1. The van der Waals surface area contributed by atoms with Gasteiger partial charge in [-0.05, 0) is 32.0 Å². The second-order valence-corrected chi connectivity index (χ2v) is 6.68. The molecule has 1 aliphatic carbocycles. The molecule has 0 spiro atoms. The summed E-state index contributed by atoms with van der Waals surface area (Å²) in [6.45, 7) is 3.17. The van der Waals surface area contributed by atoms with Gasteiger partial charge in [0.05, 0.1) is 4.92 Å². The van der Waals surface area contributed by atoms with Gasteiger partial charge in [-0.3, -0.25) is 14.9 Å². The molecule has 7 heteroatoms. The third-order valence-corrected chi connectivity index (χ3v) is 4.98. The number of hydrogen-bond donors (Lipinski definition) is 1. The molecule has 0 bridgehead atoms. The van der Waals surface area contributed by atoms with Crippen LogP contribution in [0.2, 0.25) is 0 Å². The van der Waals surface area contributed by atoms with Gasteiger partial charge < -0.3 is 15.1 Å². The van der Waals surface area contributed by atoms with E-state index in [4.69, 9.17) is 0 Å². The second-order valence-electron chi connectivity index (χ2n) is 6.68. The number of rotatable bonds is 4. The summed E-state index contributed by atoms with van der Waals surface area (Å²) in [4.78, 5) is 28.0. The van der Waals surface area contributed by atoms with Gasteiger partial charge in [-0.2, -0.15) is 0 Å². The normalized spacial score (nSPS) is 19.5. The molecule has 0 aromatic heterocycles. The minimum Gasteiger partial charge on any atom is -0.363 e. The summed E-state index contributed by atoms with van der Waals surface area (Å²) in [6.07, 6.45) is 4.12. The highest BCUT2D eigenvalue weighted by Gasteiger charge is 2.30. The van der Waals surface area contributed by atoms with E-state index in [1.54, 1.807) is 18.2 Å². The number of carbonyl (C=O) groups excluding carboxylic acids is 1. The molecule has 0 unspecified atom stereocenters. The molecule has 130 valence electrons. The van der Waals surface area contributed by atoms with E-state index >= 15 is 0 Å². The van der Waals surface area contributed by atoms with Gasteiger partial charge in [0.2, 0.25) is 0 Å². The minimum absolute atomic E-state index is 0.0717. The largest absolute Gasteiger partial charge is 0.363 e. The maximum absolute atomic E-state index is 12.6. The molecule has 1 aromatic carbocycles. The maximum atomic E-state index is 12.6.